The van der Waals surface area contributed by atoms with E-state index in [0.29, 0.717) is 23.6 Å². The first-order valence-electron chi connectivity index (χ1n) is 9.70. The molecule has 0 spiro atoms. The van der Waals surface area contributed by atoms with Gasteiger partial charge in [-0.1, -0.05) is 12.1 Å². The van der Waals surface area contributed by atoms with Crippen molar-refractivity contribution in [2.75, 3.05) is 26.0 Å². The predicted octanol–water partition coefficient (Wildman–Crippen LogP) is 2.03. The van der Waals surface area contributed by atoms with Gasteiger partial charge in [-0.05, 0) is 63.3 Å². The summed E-state index contributed by atoms with van der Waals surface area (Å²) in [6.07, 6.45) is 1.74. The third kappa shape index (κ3) is 4.46. The molecule has 158 valence electrons. The number of carbonyl (C=O) groups is 1. The van der Waals surface area contributed by atoms with Gasteiger partial charge in [0.05, 0.1) is 7.05 Å². The van der Waals surface area contributed by atoms with Crippen LogP contribution in [0.25, 0.3) is 11.4 Å². The van der Waals surface area contributed by atoms with Crippen molar-refractivity contribution in [2.45, 2.75) is 26.8 Å². The van der Waals surface area contributed by atoms with Gasteiger partial charge in [0.2, 0.25) is 5.82 Å². The molecule has 2 heterocycles. The Bertz CT molecular complexity index is 1130. The Hall–Kier alpha value is -3.33. The maximum Gasteiger partial charge on any atom is 0.263 e. The Morgan fingerprint density at radius 1 is 1.20 bits per heavy atom. The zero-order chi connectivity index (χ0) is 22.0. The Kier molecular flexibility index (Phi) is 6.12. The van der Waals surface area contributed by atoms with Crippen molar-refractivity contribution >= 4 is 11.6 Å². The van der Waals surface area contributed by atoms with Crippen LogP contribution in [0.3, 0.4) is 0 Å². The van der Waals surface area contributed by atoms with Gasteiger partial charge in [0.25, 0.3) is 11.5 Å². The zero-order valence-electron chi connectivity index (χ0n) is 18.2. The molecule has 0 aliphatic heterocycles. The van der Waals surface area contributed by atoms with E-state index in [1.807, 2.05) is 45.0 Å². The molecule has 9 nitrogen and oxygen atoms in total. The number of tetrazole rings is 1. The summed E-state index contributed by atoms with van der Waals surface area (Å²) < 4.78 is 1.61. The molecule has 0 radical (unpaired) electrons. The fourth-order valence-electron chi connectivity index (χ4n) is 3.36. The fraction of sp³-hybridized carbons (Fsp3) is 0.381. The molecule has 1 amide bonds. The Labute approximate surface area is 175 Å². The van der Waals surface area contributed by atoms with Gasteiger partial charge in [0.15, 0.2) is 0 Å². The topological polar surface area (TPSA) is 97.9 Å². The van der Waals surface area contributed by atoms with Gasteiger partial charge >= 0.3 is 0 Å². The number of benzene rings is 1. The molecule has 0 fully saturated rings. The number of pyridine rings is 1. The summed E-state index contributed by atoms with van der Waals surface area (Å²) in [4.78, 5) is 29.5. The first kappa shape index (κ1) is 21.4. The van der Waals surface area contributed by atoms with Gasteiger partial charge in [-0.2, -0.15) is 4.80 Å². The number of likely N-dealkylation sites (N-methyl/N-ethyl adjacent to an activating group) is 1. The van der Waals surface area contributed by atoms with Crippen LogP contribution in [-0.2, 0) is 7.05 Å². The van der Waals surface area contributed by atoms with E-state index in [1.165, 1.54) is 4.80 Å². The second-order valence-electron chi connectivity index (χ2n) is 7.78. The zero-order valence-corrected chi connectivity index (χ0v) is 18.2. The molecule has 0 aliphatic rings. The van der Waals surface area contributed by atoms with E-state index in [0.717, 1.165) is 11.1 Å². The Morgan fingerprint density at radius 3 is 2.57 bits per heavy atom. The summed E-state index contributed by atoms with van der Waals surface area (Å²) in [5.74, 6) is 0.0278. The molecule has 2 aromatic heterocycles. The van der Waals surface area contributed by atoms with Crippen molar-refractivity contribution in [3.8, 4) is 11.4 Å². The first-order chi connectivity index (χ1) is 14.2. The normalized spacial score (nSPS) is 12.2. The number of amides is 1. The Balaban J connectivity index is 1.94. The van der Waals surface area contributed by atoms with E-state index in [1.54, 1.807) is 36.9 Å². The van der Waals surface area contributed by atoms with Gasteiger partial charge in [-0.25, -0.2) is 0 Å². The highest BCUT2D eigenvalue weighted by molar-refractivity contribution is 6.05. The minimum atomic E-state index is -0.434. The third-order valence-corrected chi connectivity index (χ3v) is 4.91. The van der Waals surface area contributed by atoms with Gasteiger partial charge in [-0.3, -0.25) is 9.59 Å². The number of carbonyl (C=O) groups excluding carboxylic acids is 1. The summed E-state index contributed by atoms with van der Waals surface area (Å²) in [5, 5.41) is 14.9. The van der Waals surface area contributed by atoms with Crippen molar-refractivity contribution in [1.29, 1.82) is 0 Å². The van der Waals surface area contributed by atoms with E-state index in [-0.39, 0.29) is 17.2 Å². The number of hydrogen-bond donors (Lipinski definition) is 1. The summed E-state index contributed by atoms with van der Waals surface area (Å²) in [5.41, 5.74) is 2.67. The van der Waals surface area contributed by atoms with Crippen LogP contribution in [0, 0.1) is 13.8 Å². The van der Waals surface area contributed by atoms with Crippen LogP contribution in [0.15, 0.2) is 35.3 Å². The molecule has 1 unspecified atom stereocenters. The van der Waals surface area contributed by atoms with Gasteiger partial charge in [0, 0.05) is 30.0 Å². The lowest BCUT2D eigenvalue weighted by molar-refractivity contribution is 0.102. The maximum atomic E-state index is 13.1. The van der Waals surface area contributed by atoms with Crippen molar-refractivity contribution in [3.63, 3.8) is 0 Å². The molecular weight excluding hydrogens is 382 g/mol. The molecule has 0 saturated carbocycles. The Morgan fingerprint density at radius 2 is 1.93 bits per heavy atom. The largest absolute Gasteiger partial charge is 0.322 e. The van der Waals surface area contributed by atoms with Crippen molar-refractivity contribution in [2.24, 2.45) is 7.05 Å². The van der Waals surface area contributed by atoms with E-state index >= 15 is 0 Å². The van der Waals surface area contributed by atoms with Crippen LogP contribution in [0.2, 0.25) is 0 Å². The van der Waals surface area contributed by atoms with Crippen LogP contribution in [0.5, 0.6) is 0 Å². The third-order valence-electron chi connectivity index (χ3n) is 4.91. The highest BCUT2D eigenvalue weighted by Gasteiger charge is 2.19. The summed E-state index contributed by atoms with van der Waals surface area (Å²) in [6, 6.07) is 7.26. The van der Waals surface area contributed by atoms with Crippen LogP contribution in [0.4, 0.5) is 5.69 Å². The monoisotopic (exact) mass is 409 g/mol. The van der Waals surface area contributed by atoms with E-state index in [2.05, 4.69) is 20.7 Å². The van der Waals surface area contributed by atoms with E-state index in [9.17, 15) is 9.59 Å². The molecule has 9 heteroatoms. The standard InChI is InChI=1S/C21H27N7O2/c1-13-7-8-16(19-23-25-27(6)24-19)11-17(13)22-20(29)18-14(2)9-10-28(21(18)30)15(3)12-26(4)5/h7-11,15H,12H2,1-6H3,(H,22,29). The molecule has 0 aliphatic carbocycles. The quantitative estimate of drug-likeness (QED) is 0.669. The minimum Gasteiger partial charge on any atom is -0.322 e. The van der Waals surface area contributed by atoms with Crippen molar-refractivity contribution in [1.82, 2.24) is 29.7 Å². The molecule has 3 rings (SSSR count). The summed E-state index contributed by atoms with van der Waals surface area (Å²) in [6.45, 7) is 6.30. The molecule has 1 N–H and O–H groups in total. The van der Waals surface area contributed by atoms with Gasteiger partial charge in [0.1, 0.15) is 5.56 Å². The predicted molar refractivity (Wildman–Crippen MR) is 116 cm³/mol. The molecule has 30 heavy (non-hydrogen) atoms. The molecule has 3 aromatic rings. The van der Waals surface area contributed by atoms with E-state index in [4.69, 9.17) is 0 Å². The average Bonchev–Trinajstić information content (AvgIpc) is 3.09. The first-order valence-corrected chi connectivity index (χ1v) is 9.70. The maximum absolute atomic E-state index is 13.1. The summed E-state index contributed by atoms with van der Waals surface area (Å²) >= 11 is 0. The number of rotatable bonds is 6. The highest BCUT2D eigenvalue weighted by Crippen LogP contribution is 2.23. The van der Waals surface area contributed by atoms with Crippen molar-refractivity contribution < 1.29 is 4.79 Å². The fourth-order valence-corrected chi connectivity index (χ4v) is 3.36. The molecule has 1 atom stereocenters. The molecule has 0 bridgehead atoms. The van der Waals surface area contributed by atoms with Crippen LogP contribution >= 0.6 is 0 Å². The van der Waals surface area contributed by atoms with Crippen molar-refractivity contribution in [3.05, 3.63) is 57.5 Å². The van der Waals surface area contributed by atoms with Gasteiger partial charge in [-0.15, -0.1) is 10.2 Å². The summed E-state index contributed by atoms with van der Waals surface area (Å²) in [7, 11) is 5.59. The lowest BCUT2D eigenvalue weighted by atomic mass is 10.1. The second-order valence-corrected chi connectivity index (χ2v) is 7.78. The lowest BCUT2D eigenvalue weighted by Crippen LogP contribution is -2.34. The average molecular weight is 409 g/mol. The SMILES string of the molecule is Cc1ccc(-c2nnn(C)n2)cc1NC(=O)c1c(C)ccn(C(C)CN(C)C)c1=O. The smallest absolute Gasteiger partial charge is 0.263 e. The van der Waals surface area contributed by atoms with Crippen LogP contribution in [-0.4, -0.2) is 56.2 Å². The lowest BCUT2D eigenvalue weighted by Gasteiger charge is -2.20. The number of nitrogens with one attached hydrogen (secondary N) is 1. The number of anilines is 1. The van der Waals surface area contributed by atoms with E-state index < -0.39 is 5.91 Å². The number of aryl methyl sites for hydroxylation is 3. The molecule has 1 aromatic carbocycles. The second kappa shape index (κ2) is 8.58. The molecular formula is C21H27N7O2. The minimum absolute atomic E-state index is 0.0626. The highest BCUT2D eigenvalue weighted by atomic mass is 16.2. The van der Waals surface area contributed by atoms with Crippen LogP contribution in [0.1, 0.15) is 34.5 Å². The number of hydrogen-bond acceptors (Lipinski definition) is 6. The number of nitrogens with zero attached hydrogens (tertiary/aromatic N) is 6. The molecule has 0 saturated heterocycles. The number of aromatic nitrogens is 5. The van der Waals surface area contributed by atoms with Crippen LogP contribution < -0.4 is 10.9 Å². The van der Waals surface area contributed by atoms with Gasteiger partial charge < -0.3 is 14.8 Å².